The molecule has 18 heavy (non-hydrogen) atoms. The summed E-state index contributed by atoms with van der Waals surface area (Å²) in [5, 5.41) is 0. The van der Waals surface area contributed by atoms with E-state index in [1.165, 1.54) is 57.8 Å². The van der Waals surface area contributed by atoms with Gasteiger partial charge in [0.05, 0.1) is 5.60 Å². The zero-order valence-electron chi connectivity index (χ0n) is 13.6. The van der Waals surface area contributed by atoms with Gasteiger partial charge in [0, 0.05) is 6.61 Å². The quantitative estimate of drug-likeness (QED) is 0.391. The normalized spacial score (nSPS) is 13.8. The van der Waals surface area contributed by atoms with Crippen LogP contribution in [0.1, 0.15) is 92.4 Å². The summed E-state index contributed by atoms with van der Waals surface area (Å²) in [5.74, 6) is 0.749. The largest absolute Gasteiger partial charge is 0.375 e. The molecule has 1 heteroatoms. The van der Waals surface area contributed by atoms with Crippen molar-refractivity contribution in [1.82, 2.24) is 0 Å². The molecule has 0 saturated carbocycles. The lowest BCUT2D eigenvalue weighted by molar-refractivity contribution is -0.104. The molecule has 0 rings (SSSR count). The van der Waals surface area contributed by atoms with Gasteiger partial charge in [0.1, 0.15) is 0 Å². The molecule has 0 saturated heterocycles. The van der Waals surface area contributed by atoms with E-state index in [0.717, 1.165) is 12.5 Å². The number of rotatable bonds is 12. The molecule has 0 N–H and O–H groups in total. The van der Waals surface area contributed by atoms with Gasteiger partial charge in [-0.15, -0.1) is 0 Å². The van der Waals surface area contributed by atoms with Crippen molar-refractivity contribution >= 4 is 0 Å². The van der Waals surface area contributed by atoms with Crippen LogP contribution in [0.5, 0.6) is 0 Å². The van der Waals surface area contributed by atoms with Crippen LogP contribution in [-0.2, 0) is 4.74 Å². The molecule has 110 valence electrons. The van der Waals surface area contributed by atoms with Gasteiger partial charge >= 0.3 is 0 Å². The molecule has 0 aliphatic heterocycles. The van der Waals surface area contributed by atoms with Crippen LogP contribution in [0.15, 0.2) is 0 Å². The van der Waals surface area contributed by atoms with Crippen LogP contribution in [0.4, 0.5) is 0 Å². The first kappa shape index (κ1) is 18.0. The standard InChI is InChI=1S/C17H36O/c1-6-11-15-18-17(13-8-3,14-9-4)16(10-5)12-7-2/h16H,6-15H2,1-5H3. The Morgan fingerprint density at radius 1 is 0.833 bits per heavy atom. The van der Waals surface area contributed by atoms with Gasteiger partial charge in [-0.25, -0.2) is 0 Å². The summed E-state index contributed by atoms with van der Waals surface area (Å²) in [4.78, 5) is 0. The minimum Gasteiger partial charge on any atom is -0.375 e. The lowest BCUT2D eigenvalue weighted by atomic mass is 9.76. The topological polar surface area (TPSA) is 9.23 Å². The van der Waals surface area contributed by atoms with Crippen LogP contribution in [0, 0.1) is 5.92 Å². The Hall–Kier alpha value is -0.0400. The van der Waals surface area contributed by atoms with E-state index in [1.54, 1.807) is 0 Å². The molecule has 0 radical (unpaired) electrons. The Bertz CT molecular complexity index is 170. The molecule has 0 fully saturated rings. The summed E-state index contributed by atoms with van der Waals surface area (Å²) in [6, 6.07) is 0. The van der Waals surface area contributed by atoms with Crippen molar-refractivity contribution in [2.45, 2.75) is 98.0 Å². The third kappa shape index (κ3) is 5.73. The smallest absolute Gasteiger partial charge is 0.0710 e. The predicted octanol–water partition coefficient (Wildman–Crippen LogP) is 5.97. The maximum atomic E-state index is 6.46. The van der Waals surface area contributed by atoms with Gasteiger partial charge in [-0.3, -0.25) is 0 Å². The Morgan fingerprint density at radius 3 is 1.83 bits per heavy atom. The van der Waals surface area contributed by atoms with Crippen LogP contribution in [0.3, 0.4) is 0 Å². The number of hydrogen-bond donors (Lipinski definition) is 0. The number of unbranched alkanes of at least 4 members (excludes halogenated alkanes) is 1. The van der Waals surface area contributed by atoms with Gasteiger partial charge in [0.15, 0.2) is 0 Å². The Kier molecular flexibility index (Phi) is 10.8. The predicted molar refractivity (Wildman–Crippen MR) is 82.1 cm³/mol. The molecule has 0 aliphatic rings. The molecule has 0 aliphatic carbocycles. The zero-order valence-corrected chi connectivity index (χ0v) is 13.6. The van der Waals surface area contributed by atoms with Gasteiger partial charge in [0.25, 0.3) is 0 Å². The highest BCUT2D eigenvalue weighted by molar-refractivity contribution is 4.87. The fraction of sp³-hybridized carbons (Fsp3) is 1.00. The van der Waals surface area contributed by atoms with E-state index in [0.29, 0.717) is 0 Å². The van der Waals surface area contributed by atoms with Crippen molar-refractivity contribution < 1.29 is 4.74 Å². The van der Waals surface area contributed by atoms with E-state index < -0.39 is 0 Å². The minimum absolute atomic E-state index is 0.170. The summed E-state index contributed by atoms with van der Waals surface area (Å²) in [6.07, 6.45) is 11.3. The fourth-order valence-corrected chi connectivity index (χ4v) is 3.25. The Balaban J connectivity index is 4.78. The van der Waals surface area contributed by atoms with E-state index in [1.807, 2.05) is 0 Å². The van der Waals surface area contributed by atoms with Gasteiger partial charge in [0.2, 0.25) is 0 Å². The fourth-order valence-electron chi connectivity index (χ4n) is 3.25. The van der Waals surface area contributed by atoms with E-state index in [-0.39, 0.29) is 5.60 Å². The van der Waals surface area contributed by atoms with Crippen molar-refractivity contribution in [3.05, 3.63) is 0 Å². The second-order valence-corrected chi connectivity index (χ2v) is 5.66. The average molecular weight is 256 g/mol. The third-order valence-electron chi connectivity index (χ3n) is 4.11. The molecule has 0 heterocycles. The molecule has 1 unspecified atom stereocenters. The highest BCUT2D eigenvalue weighted by Gasteiger charge is 2.36. The molecule has 0 spiro atoms. The SMILES string of the molecule is CCCCOC(CCC)(CCC)C(CC)CCC. The first-order valence-electron chi connectivity index (χ1n) is 8.34. The van der Waals surface area contributed by atoms with E-state index in [4.69, 9.17) is 4.74 Å². The highest BCUT2D eigenvalue weighted by Crippen LogP contribution is 2.37. The highest BCUT2D eigenvalue weighted by atomic mass is 16.5. The lowest BCUT2D eigenvalue weighted by Gasteiger charge is -2.41. The first-order valence-corrected chi connectivity index (χ1v) is 8.34. The van der Waals surface area contributed by atoms with E-state index in [2.05, 4.69) is 34.6 Å². The van der Waals surface area contributed by atoms with Crippen molar-refractivity contribution in [3.63, 3.8) is 0 Å². The zero-order chi connectivity index (χ0) is 13.9. The van der Waals surface area contributed by atoms with E-state index >= 15 is 0 Å². The summed E-state index contributed by atoms with van der Waals surface area (Å²) in [5.41, 5.74) is 0.170. The van der Waals surface area contributed by atoms with Crippen LogP contribution >= 0.6 is 0 Å². The second kappa shape index (κ2) is 10.8. The van der Waals surface area contributed by atoms with E-state index in [9.17, 15) is 0 Å². The molecular weight excluding hydrogens is 220 g/mol. The van der Waals surface area contributed by atoms with Gasteiger partial charge in [-0.1, -0.05) is 66.7 Å². The maximum Gasteiger partial charge on any atom is 0.0710 e. The third-order valence-corrected chi connectivity index (χ3v) is 4.11. The Morgan fingerprint density at radius 2 is 1.44 bits per heavy atom. The first-order chi connectivity index (χ1) is 8.70. The van der Waals surface area contributed by atoms with Crippen molar-refractivity contribution in [3.8, 4) is 0 Å². The average Bonchev–Trinajstić information content (AvgIpc) is 2.36. The summed E-state index contributed by atoms with van der Waals surface area (Å²) in [7, 11) is 0. The molecule has 0 aromatic heterocycles. The van der Waals surface area contributed by atoms with Crippen molar-refractivity contribution in [2.75, 3.05) is 6.61 Å². The number of hydrogen-bond acceptors (Lipinski definition) is 1. The monoisotopic (exact) mass is 256 g/mol. The van der Waals surface area contributed by atoms with Gasteiger partial charge < -0.3 is 4.74 Å². The molecule has 0 aromatic rings. The molecule has 0 amide bonds. The maximum absolute atomic E-state index is 6.46. The summed E-state index contributed by atoms with van der Waals surface area (Å²) < 4.78 is 6.46. The van der Waals surface area contributed by atoms with Crippen molar-refractivity contribution in [2.24, 2.45) is 5.92 Å². The second-order valence-electron chi connectivity index (χ2n) is 5.66. The van der Waals surface area contributed by atoms with Crippen LogP contribution in [0.25, 0.3) is 0 Å². The molecule has 0 bridgehead atoms. The lowest BCUT2D eigenvalue weighted by Crippen LogP contribution is -2.41. The van der Waals surface area contributed by atoms with Gasteiger partial charge in [-0.05, 0) is 31.6 Å². The van der Waals surface area contributed by atoms with Gasteiger partial charge in [-0.2, -0.15) is 0 Å². The summed E-state index contributed by atoms with van der Waals surface area (Å²) >= 11 is 0. The molecule has 0 aromatic carbocycles. The van der Waals surface area contributed by atoms with Crippen LogP contribution in [0.2, 0.25) is 0 Å². The summed E-state index contributed by atoms with van der Waals surface area (Å²) in [6.45, 7) is 12.4. The van der Waals surface area contributed by atoms with Crippen LogP contribution < -0.4 is 0 Å². The Labute approximate surface area is 116 Å². The number of ether oxygens (including phenoxy) is 1. The van der Waals surface area contributed by atoms with Crippen molar-refractivity contribution in [1.29, 1.82) is 0 Å². The van der Waals surface area contributed by atoms with Crippen LogP contribution in [-0.4, -0.2) is 12.2 Å². The molecule has 1 nitrogen and oxygen atoms in total. The minimum atomic E-state index is 0.170. The molecule has 1 atom stereocenters. The molecular formula is C17H36O.